The second-order valence-corrected chi connectivity index (χ2v) is 7.14. The quantitative estimate of drug-likeness (QED) is 0.583. The van der Waals surface area contributed by atoms with Crippen molar-refractivity contribution in [2.75, 3.05) is 0 Å². The van der Waals surface area contributed by atoms with E-state index in [2.05, 4.69) is 78.8 Å². The molecule has 0 aliphatic rings. The maximum Gasteiger partial charge on any atom is -0.0230 e. The van der Waals surface area contributed by atoms with Crippen LogP contribution in [0.5, 0.6) is 0 Å². The van der Waals surface area contributed by atoms with Gasteiger partial charge in [-0.3, -0.25) is 0 Å². The van der Waals surface area contributed by atoms with Crippen LogP contribution in [-0.4, -0.2) is 0 Å². The summed E-state index contributed by atoms with van der Waals surface area (Å²) in [6.07, 6.45) is 2.43. The summed E-state index contributed by atoms with van der Waals surface area (Å²) in [5.74, 6) is 0. The highest BCUT2D eigenvalue weighted by molar-refractivity contribution is 5.15. The summed E-state index contributed by atoms with van der Waals surface area (Å²) in [7, 11) is 0. The van der Waals surface area contributed by atoms with E-state index in [4.69, 9.17) is 0 Å². The first kappa shape index (κ1) is 16.2. The minimum absolute atomic E-state index is 0.404. The minimum Gasteiger partial charge on any atom is -0.0649 e. The fourth-order valence-corrected chi connectivity index (χ4v) is 1.21. The molecule has 0 heterocycles. The van der Waals surface area contributed by atoms with Crippen LogP contribution in [0.2, 0.25) is 0 Å². The SMILES string of the molecule is CC(C)(C)Cc1ccccc1.CCC(C)(C)C. The van der Waals surface area contributed by atoms with Gasteiger partial charge in [0.2, 0.25) is 0 Å². The van der Waals surface area contributed by atoms with E-state index < -0.39 is 0 Å². The molecule has 0 heteroatoms. The second kappa shape index (κ2) is 6.83. The minimum atomic E-state index is 0.404. The van der Waals surface area contributed by atoms with Crippen LogP contribution in [0.15, 0.2) is 30.3 Å². The van der Waals surface area contributed by atoms with Crippen molar-refractivity contribution in [2.24, 2.45) is 10.8 Å². The molecule has 0 aromatic heterocycles. The highest BCUT2D eigenvalue weighted by Crippen LogP contribution is 2.19. The fourth-order valence-electron chi connectivity index (χ4n) is 1.21. The van der Waals surface area contributed by atoms with E-state index in [-0.39, 0.29) is 0 Å². The Hall–Kier alpha value is -0.780. The van der Waals surface area contributed by atoms with Crippen LogP contribution < -0.4 is 0 Å². The van der Waals surface area contributed by atoms with Gasteiger partial charge in [-0.05, 0) is 22.8 Å². The third kappa shape index (κ3) is 11.5. The monoisotopic (exact) mass is 234 g/mol. The Bertz CT molecular complexity index is 282. The van der Waals surface area contributed by atoms with E-state index in [1.165, 1.54) is 12.0 Å². The van der Waals surface area contributed by atoms with E-state index in [1.54, 1.807) is 0 Å². The van der Waals surface area contributed by atoms with Crippen LogP contribution in [0.3, 0.4) is 0 Å². The van der Waals surface area contributed by atoms with Crippen molar-refractivity contribution in [1.82, 2.24) is 0 Å². The van der Waals surface area contributed by atoms with Gasteiger partial charge in [0.1, 0.15) is 0 Å². The van der Waals surface area contributed by atoms with E-state index in [0.29, 0.717) is 10.8 Å². The van der Waals surface area contributed by atoms with Crippen molar-refractivity contribution in [3.63, 3.8) is 0 Å². The Kier molecular flexibility index (Phi) is 6.52. The summed E-state index contributed by atoms with van der Waals surface area (Å²) in [4.78, 5) is 0. The molecule has 1 rings (SSSR count). The lowest BCUT2D eigenvalue weighted by Crippen LogP contribution is -2.08. The molecule has 0 fully saturated rings. The van der Waals surface area contributed by atoms with Crippen LogP contribution in [0.4, 0.5) is 0 Å². The smallest absolute Gasteiger partial charge is 0.0230 e. The molecule has 98 valence electrons. The molecule has 1 aromatic rings. The van der Waals surface area contributed by atoms with Gasteiger partial charge in [-0.1, -0.05) is 85.2 Å². The van der Waals surface area contributed by atoms with Gasteiger partial charge in [-0.15, -0.1) is 0 Å². The predicted octanol–water partition coefficient (Wildman–Crippen LogP) is 5.72. The molecule has 17 heavy (non-hydrogen) atoms. The van der Waals surface area contributed by atoms with Gasteiger partial charge >= 0.3 is 0 Å². The summed E-state index contributed by atoms with van der Waals surface area (Å²) in [6.45, 7) is 15.7. The molecule has 0 radical (unpaired) electrons. The average molecular weight is 234 g/mol. The van der Waals surface area contributed by atoms with E-state index in [0.717, 1.165) is 6.42 Å². The Labute approximate surface area is 108 Å². The molecule has 0 bridgehead atoms. The molecule has 0 amide bonds. The van der Waals surface area contributed by atoms with E-state index >= 15 is 0 Å². The summed E-state index contributed by atoms with van der Waals surface area (Å²) in [6, 6.07) is 10.6. The number of hydrogen-bond donors (Lipinski definition) is 0. The van der Waals surface area contributed by atoms with Crippen molar-refractivity contribution in [1.29, 1.82) is 0 Å². The van der Waals surface area contributed by atoms with Gasteiger partial charge in [-0.25, -0.2) is 0 Å². The summed E-state index contributed by atoms with van der Waals surface area (Å²) in [5, 5.41) is 0. The Morgan fingerprint density at radius 3 is 1.47 bits per heavy atom. The first-order valence-corrected chi connectivity index (χ1v) is 6.68. The molecular formula is C17H30. The zero-order valence-electron chi connectivity index (χ0n) is 12.8. The van der Waals surface area contributed by atoms with E-state index in [9.17, 15) is 0 Å². The van der Waals surface area contributed by atoms with Crippen molar-refractivity contribution in [3.05, 3.63) is 35.9 Å². The molecule has 0 N–H and O–H groups in total. The van der Waals surface area contributed by atoms with Crippen LogP contribution in [0.25, 0.3) is 0 Å². The summed E-state index contributed by atoms with van der Waals surface area (Å²) >= 11 is 0. The molecule has 0 aliphatic heterocycles. The Morgan fingerprint density at radius 2 is 1.18 bits per heavy atom. The van der Waals surface area contributed by atoms with E-state index in [1.807, 2.05) is 0 Å². The second-order valence-electron chi connectivity index (χ2n) is 7.14. The molecule has 1 aromatic carbocycles. The highest BCUT2D eigenvalue weighted by atomic mass is 14.1. The molecule has 0 saturated carbocycles. The first-order valence-electron chi connectivity index (χ1n) is 6.68. The molecule has 0 spiro atoms. The molecule has 0 unspecified atom stereocenters. The average Bonchev–Trinajstić information content (AvgIpc) is 2.16. The van der Waals surface area contributed by atoms with Crippen LogP contribution in [0.1, 0.15) is 60.5 Å². The van der Waals surface area contributed by atoms with Gasteiger partial charge in [0.05, 0.1) is 0 Å². The largest absolute Gasteiger partial charge is 0.0649 e. The molecule has 0 nitrogen and oxygen atoms in total. The molecule has 0 saturated heterocycles. The normalized spacial score (nSPS) is 11.7. The summed E-state index contributed by atoms with van der Waals surface area (Å²) in [5.41, 5.74) is 2.38. The third-order valence-electron chi connectivity index (χ3n) is 2.64. The molecule has 0 atom stereocenters. The number of rotatable bonds is 1. The Balaban J connectivity index is 0.000000366. The van der Waals surface area contributed by atoms with Gasteiger partial charge in [0.25, 0.3) is 0 Å². The van der Waals surface area contributed by atoms with Crippen LogP contribution >= 0.6 is 0 Å². The van der Waals surface area contributed by atoms with Crippen LogP contribution in [-0.2, 0) is 6.42 Å². The lowest BCUT2D eigenvalue weighted by molar-refractivity contribution is 0.398. The van der Waals surface area contributed by atoms with Crippen molar-refractivity contribution in [3.8, 4) is 0 Å². The molecule has 0 aliphatic carbocycles. The van der Waals surface area contributed by atoms with Crippen molar-refractivity contribution in [2.45, 2.75) is 61.3 Å². The van der Waals surface area contributed by atoms with Gasteiger partial charge in [-0.2, -0.15) is 0 Å². The lowest BCUT2D eigenvalue weighted by Gasteiger charge is -2.17. The standard InChI is InChI=1S/C11H16.C6H14/c1-11(2,3)9-10-7-5-4-6-8-10;1-5-6(2,3)4/h4-8H,9H2,1-3H3;5H2,1-4H3. The lowest BCUT2D eigenvalue weighted by atomic mass is 9.88. The highest BCUT2D eigenvalue weighted by Gasteiger charge is 2.09. The van der Waals surface area contributed by atoms with Crippen molar-refractivity contribution < 1.29 is 0 Å². The Morgan fingerprint density at radius 1 is 0.765 bits per heavy atom. The fraction of sp³-hybridized carbons (Fsp3) is 0.647. The number of hydrogen-bond acceptors (Lipinski definition) is 0. The maximum absolute atomic E-state index is 2.26. The summed E-state index contributed by atoms with van der Waals surface area (Å²) < 4.78 is 0. The third-order valence-corrected chi connectivity index (χ3v) is 2.64. The zero-order chi connectivity index (χ0) is 13.5. The topological polar surface area (TPSA) is 0 Å². The van der Waals surface area contributed by atoms with Gasteiger partial charge in [0.15, 0.2) is 0 Å². The van der Waals surface area contributed by atoms with Crippen molar-refractivity contribution >= 4 is 0 Å². The van der Waals surface area contributed by atoms with Gasteiger partial charge in [0, 0.05) is 0 Å². The van der Waals surface area contributed by atoms with Crippen LogP contribution in [0, 0.1) is 10.8 Å². The van der Waals surface area contributed by atoms with Gasteiger partial charge < -0.3 is 0 Å². The number of benzene rings is 1. The maximum atomic E-state index is 2.26. The molecular weight excluding hydrogens is 204 g/mol. The first-order chi connectivity index (χ1) is 7.64. The zero-order valence-corrected chi connectivity index (χ0v) is 12.8. The predicted molar refractivity (Wildman–Crippen MR) is 79.3 cm³/mol.